The molecule has 52 valence electrons. The van der Waals surface area contributed by atoms with Crippen LogP contribution in [0.4, 0.5) is 0 Å². The minimum absolute atomic E-state index is 0.336. The van der Waals surface area contributed by atoms with E-state index in [1.54, 1.807) is 0 Å². The van der Waals surface area contributed by atoms with Crippen LogP contribution < -0.4 is 11.5 Å². The number of oxime groups is 1. The lowest BCUT2D eigenvalue weighted by atomic mass is 11.1. The maximum atomic E-state index is 9.65. The average molecular weight is 151 g/mol. The highest BCUT2D eigenvalue weighted by Gasteiger charge is 1.75. The van der Waals surface area contributed by atoms with Crippen molar-refractivity contribution >= 4 is 21.8 Å². The third-order valence-corrected chi connectivity index (χ3v) is 0.523. The van der Waals surface area contributed by atoms with Gasteiger partial charge in [-0.15, -0.1) is 0 Å². The largest absolute Gasteiger partial charge is 0.367 e. The van der Waals surface area contributed by atoms with Crippen molar-refractivity contribution < 1.29 is 13.3 Å². The molecule has 0 aromatic heterocycles. The zero-order chi connectivity index (χ0) is 7.28. The smallest absolute Gasteiger partial charge is 0.252 e. The molecule has 0 aliphatic rings. The molecule has 0 fully saturated rings. The summed E-state index contributed by atoms with van der Waals surface area (Å²) in [7, 11) is -2.40. The molecule has 0 amide bonds. The Morgan fingerprint density at radius 3 is 2.44 bits per heavy atom. The van der Waals surface area contributed by atoms with Crippen LogP contribution >= 0.6 is 0 Å². The van der Waals surface area contributed by atoms with Crippen LogP contribution in [0.2, 0.25) is 0 Å². The van der Waals surface area contributed by atoms with Crippen molar-refractivity contribution in [1.29, 1.82) is 0 Å². The summed E-state index contributed by atoms with van der Waals surface area (Å²) in [6, 6.07) is 0. The van der Waals surface area contributed by atoms with E-state index in [1.807, 2.05) is 0 Å². The number of guanidine groups is 1. The van der Waals surface area contributed by atoms with Gasteiger partial charge in [0.2, 0.25) is 11.5 Å². The SMILES string of the molecule is NC(N)=NOC=S(=O)=O. The fourth-order valence-corrected chi connectivity index (χ4v) is 0.231. The van der Waals surface area contributed by atoms with Crippen molar-refractivity contribution in [3.8, 4) is 0 Å². The molecule has 6 nitrogen and oxygen atoms in total. The molecule has 0 aromatic rings. The number of hydrogen-bond donors (Lipinski definition) is 2. The van der Waals surface area contributed by atoms with Crippen LogP contribution in [0.15, 0.2) is 5.16 Å². The highest BCUT2D eigenvalue weighted by molar-refractivity contribution is 7.71. The van der Waals surface area contributed by atoms with E-state index in [0.29, 0.717) is 5.55 Å². The molecular weight excluding hydrogens is 146 g/mol. The molecule has 0 unspecified atom stereocenters. The third kappa shape index (κ3) is 6.76. The van der Waals surface area contributed by atoms with Crippen LogP contribution in [-0.4, -0.2) is 19.9 Å². The lowest BCUT2D eigenvalue weighted by Gasteiger charge is -1.84. The summed E-state index contributed by atoms with van der Waals surface area (Å²) in [5.74, 6) is -0.336. The Balaban J connectivity index is 3.81. The monoisotopic (exact) mass is 151 g/mol. The van der Waals surface area contributed by atoms with E-state index in [-0.39, 0.29) is 5.96 Å². The van der Waals surface area contributed by atoms with Gasteiger partial charge in [-0.25, -0.2) is 0 Å². The molecule has 0 aromatic carbocycles. The van der Waals surface area contributed by atoms with E-state index in [1.165, 1.54) is 0 Å². The van der Waals surface area contributed by atoms with Gasteiger partial charge in [0.1, 0.15) is 0 Å². The molecule has 0 saturated heterocycles. The van der Waals surface area contributed by atoms with Crippen molar-refractivity contribution in [2.45, 2.75) is 0 Å². The molecule has 9 heavy (non-hydrogen) atoms. The summed E-state index contributed by atoms with van der Waals surface area (Å²) in [6.45, 7) is 0. The molecule has 0 saturated carbocycles. The number of nitrogens with zero attached hydrogens (tertiary/aromatic N) is 1. The number of hydrogen-bond acceptors (Lipinski definition) is 4. The van der Waals surface area contributed by atoms with Crippen LogP contribution in [0.1, 0.15) is 0 Å². The zero-order valence-electron chi connectivity index (χ0n) is 4.31. The van der Waals surface area contributed by atoms with Gasteiger partial charge in [0.05, 0.1) is 0 Å². The van der Waals surface area contributed by atoms with Crippen LogP contribution in [0.3, 0.4) is 0 Å². The highest BCUT2D eigenvalue weighted by Crippen LogP contribution is 1.62. The summed E-state index contributed by atoms with van der Waals surface area (Å²) in [4.78, 5) is 3.96. The molecule has 7 heteroatoms. The Labute approximate surface area is 52.6 Å². The Morgan fingerprint density at radius 2 is 2.11 bits per heavy atom. The molecular formula is C2H5N3O3S. The first kappa shape index (κ1) is 7.76. The second kappa shape index (κ2) is 3.72. The van der Waals surface area contributed by atoms with Gasteiger partial charge in [-0.3, -0.25) is 0 Å². The average Bonchev–Trinajstić information content (AvgIpc) is 1.63. The second-order valence-corrected chi connectivity index (χ2v) is 1.69. The molecule has 0 rings (SSSR count). The fraction of sp³-hybridized carbons (Fsp3) is 0. The molecule has 0 atom stereocenters. The van der Waals surface area contributed by atoms with E-state index in [2.05, 4.69) is 9.99 Å². The predicted octanol–water partition coefficient (Wildman–Crippen LogP) is -2.17. The van der Waals surface area contributed by atoms with Gasteiger partial charge in [-0.2, -0.15) is 8.42 Å². The minimum Gasteiger partial charge on any atom is -0.367 e. The van der Waals surface area contributed by atoms with Crippen molar-refractivity contribution in [2.75, 3.05) is 0 Å². The maximum absolute atomic E-state index is 9.65. The van der Waals surface area contributed by atoms with Gasteiger partial charge >= 0.3 is 0 Å². The molecule has 0 aliphatic heterocycles. The van der Waals surface area contributed by atoms with Gasteiger partial charge in [0.15, 0.2) is 0 Å². The highest BCUT2D eigenvalue weighted by atomic mass is 32.2. The Morgan fingerprint density at radius 1 is 1.56 bits per heavy atom. The quantitative estimate of drug-likeness (QED) is 0.202. The van der Waals surface area contributed by atoms with Gasteiger partial charge < -0.3 is 16.3 Å². The van der Waals surface area contributed by atoms with Crippen molar-refractivity contribution in [3.05, 3.63) is 0 Å². The maximum Gasteiger partial charge on any atom is 0.252 e. The van der Waals surface area contributed by atoms with Crippen molar-refractivity contribution in [3.63, 3.8) is 0 Å². The van der Waals surface area contributed by atoms with Crippen LogP contribution in [0, 0.1) is 0 Å². The first-order chi connectivity index (χ1) is 4.13. The zero-order valence-corrected chi connectivity index (χ0v) is 5.13. The van der Waals surface area contributed by atoms with Crippen LogP contribution in [0.5, 0.6) is 0 Å². The third-order valence-electron chi connectivity index (χ3n) is 0.280. The minimum atomic E-state index is -2.40. The summed E-state index contributed by atoms with van der Waals surface area (Å²) >= 11 is 0. The number of rotatable bonds is 2. The summed E-state index contributed by atoms with van der Waals surface area (Å²) in [6.07, 6.45) is 0. The fourth-order valence-electron chi connectivity index (χ4n) is 0.118. The van der Waals surface area contributed by atoms with Crippen molar-refractivity contribution in [1.82, 2.24) is 0 Å². The van der Waals surface area contributed by atoms with Gasteiger partial charge in [0, 0.05) is 0 Å². The normalized spacial score (nSPS) is 7.56. The molecule has 0 spiro atoms. The lowest BCUT2D eigenvalue weighted by molar-refractivity contribution is 0.350. The second-order valence-electron chi connectivity index (χ2n) is 0.978. The van der Waals surface area contributed by atoms with E-state index in [0.717, 1.165) is 0 Å². The summed E-state index contributed by atoms with van der Waals surface area (Å²) in [5.41, 5.74) is 9.98. The molecule has 0 heterocycles. The summed E-state index contributed by atoms with van der Waals surface area (Å²) < 4.78 is 19.3. The van der Waals surface area contributed by atoms with Crippen molar-refractivity contribution in [2.24, 2.45) is 16.6 Å². The van der Waals surface area contributed by atoms with E-state index in [4.69, 9.17) is 11.5 Å². The van der Waals surface area contributed by atoms with E-state index < -0.39 is 10.3 Å². The molecule has 0 aliphatic carbocycles. The van der Waals surface area contributed by atoms with Gasteiger partial charge in [-0.1, -0.05) is 0 Å². The standard InChI is InChI=1S/C2H5N3O3S/c3-2(4)5-8-1-9(6)7/h1H,(H4,3,4,5). The molecule has 4 N–H and O–H groups in total. The van der Waals surface area contributed by atoms with Crippen LogP contribution in [0.25, 0.3) is 0 Å². The number of nitrogens with two attached hydrogens (primary N) is 2. The predicted molar refractivity (Wildman–Crippen MR) is 31.9 cm³/mol. The van der Waals surface area contributed by atoms with Crippen LogP contribution in [-0.2, 0) is 15.1 Å². The van der Waals surface area contributed by atoms with Gasteiger partial charge in [0.25, 0.3) is 10.3 Å². The first-order valence-electron chi connectivity index (χ1n) is 1.79. The molecule has 0 radical (unpaired) electrons. The van der Waals surface area contributed by atoms with Gasteiger partial charge in [-0.05, 0) is 5.16 Å². The Hall–Kier alpha value is -1.24. The Bertz CT molecular complexity index is 215. The molecule has 0 bridgehead atoms. The topological polar surface area (TPSA) is 108 Å². The lowest BCUT2D eigenvalue weighted by Crippen LogP contribution is -2.22. The van der Waals surface area contributed by atoms with E-state index >= 15 is 0 Å². The van der Waals surface area contributed by atoms with E-state index in [9.17, 15) is 8.42 Å². The first-order valence-corrected chi connectivity index (χ1v) is 2.93. The summed E-state index contributed by atoms with van der Waals surface area (Å²) in [5, 5.41) is 2.89. The Kier molecular flexibility index (Phi) is 3.21.